The first-order valence-corrected chi connectivity index (χ1v) is 4.51. The van der Waals surface area contributed by atoms with E-state index in [0.29, 0.717) is 6.54 Å². The topological polar surface area (TPSA) is 69.0 Å². The summed E-state index contributed by atoms with van der Waals surface area (Å²) in [5.41, 5.74) is 0. The Morgan fingerprint density at radius 2 is 2.64 bits per heavy atom. The van der Waals surface area contributed by atoms with E-state index in [4.69, 9.17) is 4.74 Å². The Kier molecular flexibility index (Phi) is 2.55. The normalized spacial score (nSPS) is 28.9. The summed E-state index contributed by atoms with van der Waals surface area (Å²) in [6.45, 7) is 2.64. The molecule has 3 unspecified atom stereocenters. The maximum absolute atomic E-state index is 10.4. The number of nitrogens with zero attached hydrogens (tertiary/aromatic N) is 3. The first-order chi connectivity index (χ1) is 6.81. The molecule has 3 atom stereocenters. The van der Waals surface area contributed by atoms with Crippen LogP contribution in [0.3, 0.4) is 0 Å². The second kappa shape index (κ2) is 3.85. The van der Waals surface area contributed by atoms with Gasteiger partial charge in [-0.05, 0) is 6.92 Å². The Bertz CT molecular complexity index is 300. The summed E-state index contributed by atoms with van der Waals surface area (Å²) >= 11 is 0. The van der Waals surface area contributed by atoms with Crippen LogP contribution in [0.25, 0.3) is 0 Å². The molecule has 14 heavy (non-hydrogen) atoms. The lowest BCUT2D eigenvalue weighted by Gasteiger charge is -2.17. The minimum Gasteiger partial charge on any atom is -0.349 e. The SMILES string of the molecule is CC(C1CNC(C=O)O1)n1ccnn1. The fraction of sp³-hybridized carbons (Fsp3) is 0.625. The van der Waals surface area contributed by atoms with Crippen LogP contribution in [0.1, 0.15) is 13.0 Å². The highest BCUT2D eigenvalue weighted by Gasteiger charge is 2.29. The van der Waals surface area contributed by atoms with E-state index in [9.17, 15) is 4.79 Å². The Morgan fingerprint density at radius 3 is 3.21 bits per heavy atom. The van der Waals surface area contributed by atoms with Crippen molar-refractivity contribution >= 4 is 6.29 Å². The van der Waals surface area contributed by atoms with Crippen molar-refractivity contribution in [2.75, 3.05) is 6.54 Å². The molecule has 1 aromatic heterocycles. The van der Waals surface area contributed by atoms with Gasteiger partial charge >= 0.3 is 0 Å². The van der Waals surface area contributed by atoms with Crippen molar-refractivity contribution in [2.24, 2.45) is 0 Å². The number of aldehydes is 1. The Morgan fingerprint density at radius 1 is 1.79 bits per heavy atom. The van der Waals surface area contributed by atoms with Crippen molar-refractivity contribution in [3.8, 4) is 0 Å². The molecule has 0 bridgehead atoms. The highest BCUT2D eigenvalue weighted by molar-refractivity contribution is 5.55. The molecule has 0 radical (unpaired) electrons. The Hall–Kier alpha value is -1.27. The van der Waals surface area contributed by atoms with E-state index in [0.717, 1.165) is 6.29 Å². The highest BCUT2D eigenvalue weighted by atomic mass is 16.5. The van der Waals surface area contributed by atoms with Crippen molar-refractivity contribution < 1.29 is 9.53 Å². The lowest BCUT2D eigenvalue weighted by molar-refractivity contribution is -0.119. The molecule has 0 saturated carbocycles. The van der Waals surface area contributed by atoms with Crippen LogP contribution in [0.2, 0.25) is 0 Å². The monoisotopic (exact) mass is 196 g/mol. The van der Waals surface area contributed by atoms with E-state index < -0.39 is 6.23 Å². The zero-order valence-corrected chi connectivity index (χ0v) is 7.83. The lowest BCUT2D eigenvalue weighted by Crippen LogP contribution is -2.25. The third-order valence-corrected chi connectivity index (χ3v) is 2.36. The quantitative estimate of drug-likeness (QED) is 0.651. The standard InChI is InChI=1S/C8H12N4O2/c1-6(12-3-2-10-11-12)7-4-9-8(5-13)14-7/h2-3,5-9H,4H2,1H3. The number of hydrogen-bond acceptors (Lipinski definition) is 5. The smallest absolute Gasteiger partial charge is 0.165 e. The molecule has 6 nitrogen and oxygen atoms in total. The predicted octanol–water partition coefficient (Wildman–Crippen LogP) is -0.648. The fourth-order valence-corrected chi connectivity index (χ4v) is 1.49. The molecule has 0 aromatic carbocycles. The van der Waals surface area contributed by atoms with Gasteiger partial charge in [-0.15, -0.1) is 5.10 Å². The van der Waals surface area contributed by atoms with Crippen molar-refractivity contribution in [1.29, 1.82) is 0 Å². The summed E-state index contributed by atoms with van der Waals surface area (Å²) in [5, 5.41) is 10.6. The molecule has 6 heteroatoms. The van der Waals surface area contributed by atoms with E-state index in [1.165, 1.54) is 0 Å². The van der Waals surface area contributed by atoms with Gasteiger partial charge in [0.25, 0.3) is 0 Å². The number of hydrogen-bond donors (Lipinski definition) is 1. The first kappa shape index (κ1) is 9.29. The third kappa shape index (κ3) is 1.66. The minimum absolute atomic E-state index is 0.0353. The lowest BCUT2D eigenvalue weighted by atomic mass is 10.2. The molecule has 2 heterocycles. The number of ether oxygens (including phenoxy) is 1. The van der Waals surface area contributed by atoms with Crippen molar-refractivity contribution in [2.45, 2.75) is 25.3 Å². The molecule has 1 fully saturated rings. The van der Waals surface area contributed by atoms with Crippen LogP contribution in [-0.4, -0.2) is 40.2 Å². The Balaban J connectivity index is 2.00. The summed E-state index contributed by atoms with van der Waals surface area (Å²) < 4.78 is 7.15. The molecular formula is C8H12N4O2. The van der Waals surface area contributed by atoms with Crippen LogP contribution < -0.4 is 5.32 Å². The zero-order chi connectivity index (χ0) is 9.97. The number of rotatable bonds is 3. The molecule has 1 aromatic rings. The van der Waals surface area contributed by atoms with E-state index in [1.807, 2.05) is 6.92 Å². The van der Waals surface area contributed by atoms with Gasteiger partial charge in [-0.1, -0.05) is 5.21 Å². The molecule has 0 spiro atoms. The maximum atomic E-state index is 10.4. The van der Waals surface area contributed by atoms with E-state index >= 15 is 0 Å². The zero-order valence-electron chi connectivity index (χ0n) is 7.83. The number of carbonyl (C=O) groups is 1. The van der Waals surface area contributed by atoms with Gasteiger partial charge in [0, 0.05) is 12.7 Å². The van der Waals surface area contributed by atoms with E-state index in [1.54, 1.807) is 17.1 Å². The van der Waals surface area contributed by atoms with Crippen molar-refractivity contribution in [1.82, 2.24) is 20.3 Å². The molecule has 76 valence electrons. The average molecular weight is 196 g/mol. The molecule has 0 aliphatic carbocycles. The average Bonchev–Trinajstić information content (AvgIpc) is 2.88. The third-order valence-electron chi connectivity index (χ3n) is 2.36. The van der Waals surface area contributed by atoms with Gasteiger partial charge in [-0.2, -0.15) is 0 Å². The van der Waals surface area contributed by atoms with Gasteiger partial charge < -0.3 is 4.74 Å². The second-order valence-corrected chi connectivity index (χ2v) is 3.26. The summed E-state index contributed by atoms with van der Waals surface area (Å²) in [4.78, 5) is 10.4. The molecule has 2 rings (SSSR count). The number of carbonyl (C=O) groups excluding carboxylic acids is 1. The maximum Gasteiger partial charge on any atom is 0.165 e. The van der Waals surface area contributed by atoms with Crippen LogP contribution in [-0.2, 0) is 9.53 Å². The van der Waals surface area contributed by atoms with Gasteiger partial charge in [0.15, 0.2) is 12.5 Å². The molecule has 0 amide bonds. The molecule has 1 saturated heterocycles. The predicted molar refractivity (Wildman–Crippen MR) is 47.5 cm³/mol. The highest BCUT2D eigenvalue weighted by Crippen LogP contribution is 2.16. The van der Waals surface area contributed by atoms with Gasteiger partial charge in [0.05, 0.1) is 18.3 Å². The Labute approximate surface area is 81.2 Å². The van der Waals surface area contributed by atoms with Crippen LogP contribution in [0, 0.1) is 0 Å². The van der Waals surface area contributed by atoms with E-state index in [2.05, 4.69) is 15.6 Å². The summed E-state index contributed by atoms with van der Waals surface area (Å²) in [7, 11) is 0. The van der Waals surface area contributed by atoms with Crippen LogP contribution in [0.15, 0.2) is 12.4 Å². The van der Waals surface area contributed by atoms with Crippen molar-refractivity contribution in [3.63, 3.8) is 0 Å². The van der Waals surface area contributed by atoms with Crippen LogP contribution in [0.4, 0.5) is 0 Å². The molecule has 1 N–H and O–H groups in total. The van der Waals surface area contributed by atoms with Crippen molar-refractivity contribution in [3.05, 3.63) is 12.4 Å². The van der Waals surface area contributed by atoms with E-state index in [-0.39, 0.29) is 12.1 Å². The second-order valence-electron chi connectivity index (χ2n) is 3.26. The number of aromatic nitrogens is 3. The minimum atomic E-state index is -0.481. The molecular weight excluding hydrogens is 184 g/mol. The summed E-state index contributed by atoms with van der Waals surface area (Å²) in [6.07, 6.45) is 3.64. The summed E-state index contributed by atoms with van der Waals surface area (Å²) in [5.74, 6) is 0. The van der Waals surface area contributed by atoms with Crippen LogP contribution >= 0.6 is 0 Å². The van der Waals surface area contributed by atoms with Gasteiger partial charge in [0.2, 0.25) is 0 Å². The largest absolute Gasteiger partial charge is 0.349 e. The summed E-state index contributed by atoms with van der Waals surface area (Å²) in [6, 6.07) is 0.0787. The first-order valence-electron chi connectivity index (χ1n) is 4.51. The van der Waals surface area contributed by atoms with Gasteiger partial charge in [-0.3, -0.25) is 10.1 Å². The fourth-order valence-electron chi connectivity index (χ4n) is 1.49. The van der Waals surface area contributed by atoms with Crippen LogP contribution in [0.5, 0.6) is 0 Å². The van der Waals surface area contributed by atoms with Gasteiger partial charge in [-0.25, -0.2) is 4.68 Å². The number of nitrogens with one attached hydrogen (secondary N) is 1. The molecule has 1 aliphatic heterocycles. The molecule has 1 aliphatic rings. The van der Waals surface area contributed by atoms with Gasteiger partial charge in [0.1, 0.15) is 0 Å².